The zero-order valence-corrected chi connectivity index (χ0v) is 19.3. The molecule has 4 rings (SSSR count). The highest BCUT2D eigenvalue weighted by atomic mass is 19.4. The number of fused-ring (bicyclic) bond motifs is 1. The Bertz CT molecular complexity index is 1170. The van der Waals surface area contributed by atoms with Crippen LogP contribution in [0.2, 0.25) is 0 Å². The van der Waals surface area contributed by atoms with Crippen molar-refractivity contribution < 1.29 is 23.1 Å². The Hall–Kier alpha value is -3.28. The Kier molecular flexibility index (Phi) is 6.69. The molecule has 34 heavy (non-hydrogen) atoms. The number of benzene rings is 3. The summed E-state index contributed by atoms with van der Waals surface area (Å²) >= 11 is 0. The van der Waals surface area contributed by atoms with Crippen molar-refractivity contribution in [3.63, 3.8) is 0 Å². The molecule has 1 aliphatic rings. The maximum absolute atomic E-state index is 14.7. The van der Waals surface area contributed by atoms with Gasteiger partial charge < -0.3 is 10.0 Å². The summed E-state index contributed by atoms with van der Waals surface area (Å²) in [6.07, 6.45) is -3.08. The molecule has 178 valence electrons. The molecular formula is C28H28F3NO2. The fourth-order valence-corrected chi connectivity index (χ4v) is 4.86. The standard InChI is InChI=1S/C28H28F3NO2/c1-18(2)15-23(27(33)34)22-16-21(19-9-4-3-5-10-19)17-25(26(22)28(29,30)31)32-14-8-12-20-11-6-7-13-24(20)32/h3-7,9-11,13,16-18,23H,8,12,14-15H2,1-2H3,(H,33,34). The van der Waals surface area contributed by atoms with Gasteiger partial charge in [-0.3, -0.25) is 4.79 Å². The smallest absolute Gasteiger partial charge is 0.418 e. The molecule has 0 radical (unpaired) electrons. The van der Waals surface area contributed by atoms with E-state index < -0.39 is 23.6 Å². The van der Waals surface area contributed by atoms with Gasteiger partial charge in [0.15, 0.2) is 0 Å². The highest BCUT2D eigenvalue weighted by Crippen LogP contribution is 2.48. The summed E-state index contributed by atoms with van der Waals surface area (Å²) in [4.78, 5) is 14.0. The van der Waals surface area contributed by atoms with Gasteiger partial charge >= 0.3 is 12.1 Å². The monoisotopic (exact) mass is 467 g/mol. The Morgan fingerprint density at radius 3 is 2.29 bits per heavy atom. The van der Waals surface area contributed by atoms with Gasteiger partial charge in [-0.2, -0.15) is 13.2 Å². The summed E-state index contributed by atoms with van der Waals surface area (Å²) in [5.74, 6) is -2.59. The molecule has 0 fully saturated rings. The minimum Gasteiger partial charge on any atom is -0.481 e. The number of rotatable bonds is 6. The third-order valence-corrected chi connectivity index (χ3v) is 6.32. The van der Waals surface area contributed by atoms with Crippen LogP contribution in [-0.2, 0) is 17.4 Å². The van der Waals surface area contributed by atoms with E-state index in [1.54, 1.807) is 11.0 Å². The van der Waals surface area contributed by atoms with Gasteiger partial charge in [0, 0.05) is 12.2 Å². The Balaban J connectivity index is 2.04. The SMILES string of the molecule is CC(C)CC(C(=O)O)c1cc(-c2ccccc2)cc(N2CCCc3ccccc32)c1C(F)(F)F. The van der Waals surface area contributed by atoms with Crippen molar-refractivity contribution >= 4 is 17.3 Å². The lowest BCUT2D eigenvalue weighted by Gasteiger charge is -2.35. The first-order valence-electron chi connectivity index (χ1n) is 11.6. The molecule has 1 unspecified atom stereocenters. The molecule has 3 nitrogen and oxygen atoms in total. The lowest BCUT2D eigenvalue weighted by atomic mass is 9.84. The molecule has 0 saturated heterocycles. The van der Waals surface area contributed by atoms with Crippen LogP contribution < -0.4 is 4.90 Å². The van der Waals surface area contributed by atoms with Gasteiger partial charge in [-0.15, -0.1) is 0 Å². The largest absolute Gasteiger partial charge is 0.481 e. The lowest BCUT2D eigenvalue weighted by Crippen LogP contribution is -2.29. The van der Waals surface area contributed by atoms with Crippen LogP contribution in [0.5, 0.6) is 0 Å². The van der Waals surface area contributed by atoms with Crippen LogP contribution in [0.1, 0.15) is 49.3 Å². The Labute approximate surface area is 197 Å². The number of nitrogens with zero attached hydrogens (tertiary/aromatic N) is 1. The molecule has 1 N–H and O–H groups in total. The molecule has 0 aromatic heterocycles. The molecule has 0 amide bonds. The summed E-state index contributed by atoms with van der Waals surface area (Å²) in [7, 11) is 0. The molecule has 1 atom stereocenters. The molecule has 1 heterocycles. The molecule has 3 aromatic carbocycles. The number of carboxylic acids is 1. The lowest BCUT2D eigenvalue weighted by molar-refractivity contribution is -0.141. The molecule has 1 aliphatic heterocycles. The Morgan fingerprint density at radius 1 is 0.971 bits per heavy atom. The quantitative estimate of drug-likeness (QED) is 0.404. The average molecular weight is 468 g/mol. The number of aliphatic carboxylic acids is 1. The van der Waals surface area contributed by atoms with Crippen LogP contribution in [0.4, 0.5) is 24.5 Å². The van der Waals surface area contributed by atoms with Gasteiger partial charge in [0.25, 0.3) is 0 Å². The summed E-state index contributed by atoms with van der Waals surface area (Å²) in [6, 6.07) is 19.6. The predicted octanol–water partition coefficient (Wildman–Crippen LogP) is 7.67. The van der Waals surface area contributed by atoms with E-state index in [0.717, 1.165) is 23.2 Å². The van der Waals surface area contributed by atoms with Gasteiger partial charge in [-0.25, -0.2) is 0 Å². The van der Waals surface area contributed by atoms with Gasteiger partial charge in [0.1, 0.15) is 0 Å². The molecule has 0 aliphatic carbocycles. The van der Waals surface area contributed by atoms with Crippen molar-refractivity contribution in [2.45, 2.75) is 45.2 Å². The van der Waals surface area contributed by atoms with Crippen LogP contribution in [0, 0.1) is 5.92 Å². The number of hydrogen-bond donors (Lipinski definition) is 1. The minimum absolute atomic E-state index is 0.0195. The minimum atomic E-state index is -4.71. The van der Waals surface area contributed by atoms with Crippen molar-refractivity contribution in [2.24, 2.45) is 5.92 Å². The highest BCUT2D eigenvalue weighted by molar-refractivity contribution is 5.83. The first kappa shape index (κ1) is 23.9. The van der Waals surface area contributed by atoms with E-state index in [2.05, 4.69) is 0 Å². The molecule has 6 heteroatoms. The molecule has 0 saturated carbocycles. The number of aryl methyl sites for hydroxylation is 1. The first-order valence-corrected chi connectivity index (χ1v) is 11.6. The van der Waals surface area contributed by atoms with Crippen LogP contribution in [0.3, 0.4) is 0 Å². The van der Waals surface area contributed by atoms with Gasteiger partial charge in [0.05, 0.1) is 17.2 Å². The second kappa shape index (κ2) is 9.53. The van der Waals surface area contributed by atoms with Crippen LogP contribution in [0.25, 0.3) is 11.1 Å². The predicted molar refractivity (Wildman–Crippen MR) is 128 cm³/mol. The van der Waals surface area contributed by atoms with E-state index in [1.165, 1.54) is 6.07 Å². The number of hydrogen-bond acceptors (Lipinski definition) is 2. The number of carbonyl (C=O) groups is 1. The number of anilines is 2. The molecular weight excluding hydrogens is 439 g/mol. The number of carboxylic acid groups (broad SMARTS) is 1. The Morgan fingerprint density at radius 2 is 1.65 bits per heavy atom. The zero-order valence-electron chi connectivity index (χ0n) is 19.3. The first-order chi connectivity index (χ1) is 16.2. The summed E-state index contributed by atoms with van der Waals surface area (Å²) in [6.45, 7) is 4.08. The van der Waals surface area contributed by atoms with Crippen molar-refractivity contribution in [2.75, 3.05) is 11.4 Å². The number of alkyl halides is 3. The summed E-state index contributed by atoms with van der Waals surface area (Å²) in [5, 5.41) is 10.0. The normalized spacial score (nSPS) is 14.7. The summed E-state index contributed by atoms with van der Waals surface area (Å²) < 4.78 is 44.1. The van der Waals surface area contributed by atoms with Crippen LogP contribution in [-0.4, -0.2) is 17.6 Å². The second-order valence-corrected chi connectivity index (χ2v) is 9.23. The van der Waals surface area contributed by atoms with E-state index in [9.17, 15) is 23.1 Å². The van der Waals surface area contributed by atoms with Gasteiger partial charge in [0.2, 0.25) is 0 Å². The van der Waals surface area contributed by atoms with Gasteiger partial charge in [-0.1, -0.05) is 62.4 Å². The van der Waals surface area contributed by atoms with E-state index in [1.807, 2.05) is 68.4 Å². The van der Waals surface area contributed by atoms with Crippen molar-refractivity contribution in [1.29, 1.82) is 0 Å². The number of para-hydroxylation sites is 1. The zero-order chi connectivity index (χ0) is 24.5. The second-order valence-electron chi connectivity index (χ2n) is 9.23. The van der Waals surface area contributed by atoms with E-state index in [4.69, 9.17) is 0 Å². The third-order valence-electron chi connectivity index (χ3n) is 6.32. The molecule has 3 aromatic rings. The topological polar surface area (TPSA) is 40.5 Å². The van der Waals surface area contributed by atoms with E-state index in [0.29, 0.717) is 18.5 Å². The van der Waals surface area contributed by atoms with Crippen LogP contribution >= 0.6 is 0 Å². The van der Waals surface area contributed by atoms with Gasteiger partial charge in [-0.05, 0) is 65.6 Å². The van der Waals surface area contributed by atoms with E-state index in [-0.39, 0.29) is 23.6 Å². The van der Waals surface area contributed by atoms with Crippen molar-refractivity contribution in [3.05, 3.63) is 83.4 Å². The molecule has 0 bridgehead atoms. The van der Waals surface area contributed by atoms with Crippen molar-refractivity contribution in [1.82, 2.24) is 0 Å². The number of halogens is 3. The van der Waals surface area contributed by atoms with Crippen LogP contribution in [0.15, 0.2) is 66.7 Å². The molecule has 0 spiro atoms. The maximum atomic E-state index is 14.7. The van der Waals surface area contributed by atoms with Crippen molar-refractivity contribution in [3.8, 4) is 11.1 Å². The fraction of sp³-hybridized carbons (Fsp3) is 0.321. The third kappa shape index (κ3) is 4.81. The highest BCUT2D eigenvalue weighted by Gasteiger charge is 2.42. The van der Waals surface area contributed by atoms with E-state index >= 15 is 0 Å². The average Bonchev–Trinajstić information content (AvgIpc) is 2.81. The fourth-order valence-electron chi connectivity index (χ4n) is 4.86. The summed E-state index contributed by atoms with van der Waals surface area (Å²) in [5.41, 5.74) is 2.06. The maximum Gasteiger partial charge on any atom is 0.418 e.